The Balaban J connectivity index is 2.66. The van der Waals surface area contributed by atoms with Crippen molar-refractivity contribution in [2.24, 2.45) is 0 Å². The summed E-state index contributed by atoms with van der Waals surface area (Å²) < 4.78 is 29.1. The maximum Gasteiger partial charge on any atom is 0.276 e. The molecule has 0 aromatic heterocycles. The molecular weight excluding hydrogens is 252 g/mol. The summed E-state index contributed by atoms with van der Waals surface area (Å²) in [6, 6.07) is 0. The summed E-state index contributed by atoms with van der Waals surface area (Å²) in [7, 11) is -3.56. The molecule has 10 heteroatoms. The Bertz CT molecular complexity index is 400. The zero-order valence-corrected chi connectivity index (χ0v) is 10.1. The summed E-state index contributed by atoms with van der Waals surface area (Å²) in [6.07, 6.45) is 1.48. The summed E-state index contributed by atoms with van der Waals surface area (Å²) in [4.78, 5) is 9.61. The van der Waals surface area contributed by atoms with E-state index in [4.69, 9.17) is 4.74 Å². The lowest BCUT2D eigenvalue weighted by Gasteiger charge is -2.28. The molecule has 0 aromatic rings. The Kier molecular flexibility index (Phi) is 4.66. The van der Waals surface area contributed by atoms with Crippen molar-refractivity contribution in [2.45, 2.75) is 0 Å². The molecule has 1 fully saturated rings. The van der Waals surface area contributed by atoms with E-state index in [2.05, 4.69) is 5.43 Å². The molecule has 1 saturated heterocycles. The molecule has 2 N–H and O–H groups in total. The van der Waals surface area contributed by atoms with Crippen LogP contribution in [0, 0.1) is 10.1 Å². The van der Waals surface area contributed by atoms with Gasteiger partial charge in [0.15, 0.2) is 5.82 Å². The number of nitrogens with zero attached hydrogens (tertiary/aromatic N) is 2. The predicted molar refractivity (Wildman–Crippen MR) is 58.6 cm³/mol. The highest BCUT2D eigenvalue weighted by Gasteiger charge is 2.15. The maximum atomic E-state index is 11.0. The summed E-state index contributed by atoms with van der Waals surface area (Å²) in [5, 5.41) is 12.0. The molecule has 1 rings (SSSR count). The number of rotatable bonds is 5. The third kappa shape index (κ3) is 6.04. The van der Waals surface area contributed by atoms with Crippen molar-refractivity contribution >= 4 is 10.0 Å². The number of ether oxygens (including phenoxy) is 1. The van der Waals surface area contributed by atoms with Gasteiger partial charge in [-0.25, -0.2) is 13.4 Å². The minimum atomic E-state index is -3.56. The quantitative estimate of drug-likeness (QED) is 0.457. The van der Waals surface area contributed by atoms with Crippen LogP contribution in [0.15, 0.2) is 12.0 Å². The van der Waals surface area contributed by atoms with E-state index in [1.807, 2.05) is 4.72 Å². The van der Waals surface area contributed by atoms with Crippen molar-refractivity contribution in [1.82, 2.24) is 15.2 Å². The average Bonchev–Trinajstić information content (AvgIpc) is 2.15. The zero-order chi connectivity index (χ0) is 12.9. The molecule has 0 aliphatic carbocycles. The fourth-order valence-corrected chi connectivity index (χ4v) is 1.73. The van der Waals surface area contributed by atoms with Crippen molar-refractivity contribution in [3.8, 4) is 0 Å². The van der Waals surface area contributed by atoms with E-state index in [1.54, 1.807) is 5.01 Å². The Labute approximate surface area is 98.6 Å². The molecule has 1 aliphatic heterocycles. The molecule has 0 radical (unpaired) electrons. The number of nitrogens with one attached hydrogen (secondary N) is 2. The number of hydrogen-bond acceptors (Lipinski definition) is 7. The molecule has 0 amide bonds. The molecule has 1 aliphatic rings. The smallest absolute Gasteiger partial charge is 0.276 e. The lowest BCUT2D eigenvalue weighted by molar-refractivity contribution is -0.404. The van der Waals surface area contributed by atoms with Crippen molar-refractivity contribution < 1.29 is 18.1 Å². The van der Waals surface area contributed by atoms with Gasteiger partial charge in [0.1, 0.15) is 0 Å². The Morgan fingerprint density at radius 1 is 1.47 bits per heavy atom. The minimum Gasteiger partial charge on any atom is -0.379 e. The molecule has 0 unspecified atom stereocenters. The topological polar surface area (TPSA) is 114 Å². The van der Waals surface area contributed by atoms with E-state index in [0.29, 0.717) is 32.5 Å². The third-order valence-corrected chi connectivity index (χ3v) is 2.41. The Morgan fingerprint density at radius 3 is 2.53 bits per heavy atom. The molecule has 0 saturated carbocycles. The minimum absolute atomic E-state index is 0.195. The largest absolute Gasteiger partial charge is 0.379 e. The van der Waals surface area contributed by atoms with Crippen molar-refractivity contribution in [1.29, 1.82) is 0 Å². The van der Waals surface area contributed by atoms with E-state index in [9.17, 15) is 18.5 Å². The van der Waals surface area contributed by atoms with Gasteiger partial charge in [0.2, 0.25) is 10.0 Å². The molecular formula is C7H14N4O5S. The van der Waals surface area contributed by atoms with Crippen LogP contribution in [-0.4, -0.2) is 50.9 Å². The van der Waals surface area contributed by atoms with Crippen molar-refractivity contribution in [2.75, 3.05) is 32.6 Å². The van der Waals surface area contributed by atoms with Gasteiger partial charge in [0, 0.05) is 13.1 Å². The van der Waals surface area contributed by atoms with Gasteiger partial charge in [-0.05, 0) is 0 Å². The Hall–Kier alpha value is -1.39. The predicted octanol–water partition coefficient (Wildman–Crippen LogP) is -1.55. The molecule has 0 spiro atoms. The number of sulfonamides is 1. The molecule has 0 atom stereocenters. The summed E-state index contributed by atoms with van der Waals surface area (Å²) in [5.41, 5.74) is 2.63. The molecule has 98 valence electrons. The first-order valence-corrected chi connectivity index (χ1v) is 6.68. The summed E-state index contributed by atoms with van der Waals surface area (Å²) in [6.45, 7) is 2.00. The van der Waals surface area contributed by atoms with Crippen LogP contribution in [0.5, 0.6) is 0 Å². The van der Waals surface area contributed by atoms with Crippen LogP contribution < -0.4 is 10.1 Å². The summed E-state index contributed by atoms with van der Waals surface area (Å²) in [5.74, 6) is -0.195. The SMILES string of the molecule is CS(=O)(=O)NC(=C[N+](=O)[O-])NN1CCOCC1. The van der Waals surface area contributed by atoms with E-state index in [-0.39, 0.29) is 5.82 Å². The first-order valence-electron chi connectivity index (χ1n) is 4.79. The first kappa shape index (κ1) is 13.7. The number of morpholine rings is 1. The second kappa shape index (κ2) is 5.80. The highest BCUT2D eigenvalue weighted by atomic mass is 32.2. The average molecular weight is 266 g/mol. The van der Waals surface area contributed by atoms with Gasteiger partial charge in [-0.15, -0.1) is 0 Å². The monoisotopic (exact) mass is 266 g/mol. The van der Waals surface area contributed by atoms with Gasteiger partial charge >= 0.3 is 0 Å². The van der Waals surface area contributed by atoms with Crippen LogP contribution in [-0.2, 0) is 14.8 Å². The normalized spacial score (nSPS) is 18.8. The fraction of sp³-hybridized carbons (Fsp3) is 0.714. The van der Waals surface area contributed by atoms with E-state index in [0.717, 1.165) is 6.26 Å². The van der Waals surface area contributed by atoms with Gasteiger partial charge in [0.05, 0.1) is 24.4 Å². The van der Waals surface area contributed by atoms with Gasteiger partial charge in [-0.2, -0.15) is 0 Å². The van der Waals surface area contributed by atoms with Gasteiger partial charge in [-0.3, -0.25) is 20.3 Å². The number of hydrazine groups is 1. The molecule has 9 nitrogen and oxygen atoms in total. The van der Waals surface area contributed by atoms with Crippen LogP contribution in [0.2, 0.25) is 0 Å². The van der Waals surface area contributed by atoms with Gasteiger partial charge in [-0.1, -0.05) is 0 Å². The van der Waals surface area contributed by atoms with Gasteiger partial charge < -0.3 is 4.74 Å². The van der Waals surface area contributed by atoms with E-state index < -0.39 is 14.9 Å². The second-order valence-corrected chi connectivity index (χ2v) is 5.16. The van der Waals surface area contributed by atoms with Crippen molar-refractivity contribution in [3.05, 3.63) is 22.1 Å². The van der Waals surface area contributed by atoms with Gasteiger partial charge in [0.25, 0.3) is 6.20 Å². The second-order valence-electron chi connectivity index (χ2n) is 3.41. The highest BCUT2D eigenvalue weighted by molar-refractivity contribution is 7.88. The van der Waals surface area contributed by atoms with Crippen LogP contribution in [0.1, 0.15) is 0 Å². The van der Waals surface area contributed by atoms with E-state index >= 15 is 0 Å². The third-order valence-electron chi connectivity index (χ3n) is 1.82. The molecule has 1 heterocycles. The summed E-state index contributed by atoms with van der Waals surface area (Å²) >= 11 is 0. The van der Waals surface area contributed by atoms with Crippen molar-refractivity contribution in [3.63, 3.8) is 0 Å². The van der Waals surface area contributed by atoms with Crippen LogP contribution >= 0.6 is 0 Å². The zero-order valence-electron chi connectivity index (χ0n) is 9.25. The van der Waals surface area contributed by atoms with Crippen LogP contribution in [0.25, 0.3) is 0 Å². The fourth-order valence-electron chi connectivity index (χ4n) is 1.23. The first-order chi connectivity index (χ1) is 7.87. The highest BCUT2D eigenvalue weighted by Crippen LogP contribution is 1.96. The lowest BCUT2D eigenvalue weighted by atomic mass is 10.5. The maximum absolute atomic E-state index is 11.0. The van der Waals surface area contributed by atoms with Crippen LogP contribution in [0.4, 0.5) is 0 Å². The standard InChI is InChI=1S/C7H14N4O5S/c1-17(14,15)9-7(6-11(12)13)8-10-2-4-16-5-3-10/h6,8-9H,2-5H2,1H3. The lowest BCUT2D eigenvalue weighted by Crippen LogP contribution is -2.48. The van der Waals surface area contributed by atoms with Crippen LogP contribution in [0.3, 0.4) is 0 Å². The number of hydrogen-bond donors (Lipinski definition) is 2. The van der Waals surface area contributed by atoms with E-state index in [1.165, 1.54) is 0 Å². The molecule has 0 bridgehead atoms. The molecule has 17 heavy (non-hydrogen) atoms. The number of nitro groups is 1. The molecule has 0 aromatic carbocycles. The Morgan fingerprint density at radius 2 is 2.06 bits per heavy atom.